The molecule has 0 fully saturated rings. The molecule has 2 aliphatic carbocycles. The quantitative estimate of drug-likeness (QED) is 0.119. The molecule has 0 aliphatic heterocycles. The van der Waals surface area contributed by atoms with E-state index in [0.717, 1.165) is 39.7 Å². The van der Waals surface area contributed by atoms with Crippen LogP contribution in [0.2, 0.25) is 0 Å². The molecule has 0 amide bonds. The smallest absolute Gasteiger partial charge is 0.161 e. The van der Waals surface area contributed by atoms with Gasteiger partial charge in [0.05, 0.1) is 22.6 Å². The molecule has 0 saturated heterocycles. The number of amidine groups is 1. The molecule has 288 valence electrons. The maximum absolute atomic E-state index is 5.44. The van der Waals surface area contributed by atoms with Crippen molar-refractivity contribution in [3.05, 3.63) is 216 Å². The summed E-state index contributed by atoms with van der Waals surface area (Å²) in [6.07, 6.45) is 7.90. The first-order chi connectivity index (χ1) is 29.4. The average Bonchev–Trinajstić information content (AvgIpc) is 3.90. The predicted molar refractivity (Wildman–Crippen MR) is 254 cm³/mol. The van der Waals surface area contributed by atoms with Crippen molar-refractivity contribution in [3.8, 4) is 11.1 Å². The standard InChI is InChI=1S/C56H44N4/c1-36(42-28-18-30-49-52(42)47-27-11-14-29-48(47)56(49,3)4)57-55(39-21-9-6-10-22-39)58-37(2)59-50-31-15-12-25-43(50)45-33-34-46-44-26-13-16-32-51(44)60(54(46)53(45)59)41-24-17-23-40(35-41)38-19-7-5-8-20-38/h5-23,25-35,41H,2,24H2,1,3-4H3/b57-36+,58-55-. The molecule has 11 rings (SSSR count). The molecule has 0 N–H and O–H groups in total. The van der Waals surface area contributed by atoms with Crippen molar-refractivity contribution in [1.29, 1.82) is 0 Å². The third-order valence-electron chi connectivity index (χ3n) is 12.8. The van der Waals surface area contributed by atoms with Crippen LogP contribution in [0.4, 0.5) is 0 Å². The van der Waals surface area contributed by atoms with Gasteiger partial charge in [-0.25, -0.2) is 9.98 Å². The summed E-state index contributed by atoms with van der Waals surface area (Å²) in [5.41, 5.74) is 15.0. The Morgan fingerprint density at radius 1 is 0.617 bits per heavy atom. The third-order valence-corrected chi connectivity index (χ3v) is 12.8. The van der Waals surface area contributed by atoms with Crippen molar-refractivity contribution in [2.75, 3.05) is 0 Å². The second kappa shape index (κ2) is 13.9. The second-order valence-electron chi connectivity index (χ2n) is 16.6. The van der Waals surface area contributed by atoms with Crippen LogP contribution in [0.3, 0.4) is 0 Å². The van der Waals surface area contributed by atoms with Gasteiger partial charge < -0.3 is 4.57 Å². The molecule has 7 aromatic carbocycles. The second-order valence-corrected chi connectivity index (χ2v) is 16.6. The van der Waals surface area contributed by atoms with Crippen LogP contribution in [0.5, 0.6) is 0 Å². The fraction of sp³-hybridized carbons (Fsp3) is 0.107. The molecule has 4 heteroatoms. The van der Waals surface area contributed by atoms with Crippen LogP contribution in [-0.2, 0) is 5.41 Å². The van der Waals surface area contributed by atoms with Gasteiger partial charge in [0, 0.05) is 49.3 Å². The molecule has 0 bridgehead atoms. The van der Waals surface area contributed by atoms with Gasteiger partial charge in [0.1, 0.15) is 5.82 Å². The molecule has 1 unspecified atom stereocenters. The van der Waals surface area contributed by atoms with Gasteiger partial charge in [-0.15, -0.1) is 0 Å². The molecule has 1 atom stereocenters. The molecular weight excluding hydrogens is 729 g/mol. The normalized spacial score (nSPS) is 16.1. The number of aliphatic imine (C=N–C) groups is 2. The van der Waals surface area contributed by atoms with Gasteiger partial charge in [-0.3, -0.25) is 4.57 Å². The number of benzene rings is 7. The van der Waals surface area contributed by atoms with Crippen LogP contribution in [0, 0.1) is 0 Å². The summed E-state index contributed by atoms with van der Waals surface area (Å²) in [4.78, 5) is 10.9. The predicted octanol–water partition coefficient (Wildman–Crippen LogP) is 14.2. The Balaban J connectivity index is 1.14. The number of aromatic nitrogens is 2. The van der Waals surface area contributed by atoms with Crippen LogP contribution >= 0.6 is 0 Å². The number of hydrogen-bond donors (Lipinski definition) is 0. The van der Waals surface area contributed by atoms with E-state index in [-0.39, 0.29) is 11.5 Å². The fourth-order valence-electron chi connectivity index (χ4n) is 10.0. The van der Waals surface area contributed by atoms with E-state index in [4.69, 9.17) is 16.6 Å². The highest BCUT2D eigenvalue weighted by molar-refractivity contribution is 6.24. The Morgan fingerprint density at radius 2 is 1.25 bits per heavy atom. The van der Waals surface area contributed by atoms with Crippen molar-refractivity contribution in [1.82, 2.24) is 9.13 Å². The number of rotatable bonds is 6. The molecule has 9 aromatic rings. The zero-order valence-electron chi connectivity index (χ0n) is 34.1. The monoisotopic (exact) mass is 772 g/mol. The van der Waals surface area contributed by atoms with Crippen LogP contribution in [-0.4, -0.2) is 20.7 Å². The Kier molecular flexibility index (Phi) is 8.31. The minimum Gasteiger partial charge on any atom is -0.331 e. The zero-order chi connectivity index (χ0) is 40.5. The number of fused-ring (bicyclic) bond motifs is 10. The lowest BCUT2D eigenvalue weighted by atomic mass is 9.82. The maximum Gasteiger partial charge on any atom is 0.161 e. The van der Waals surface area contributed by atoms with E-state index < -0.39 is 0 Å². The lowest BCUT2D eigenvalue weighted by Gasteiger charge is -2.22. The average molecular weight is 773 g/mol. The molecule has 0 radical (unpaired) electrons. The molecule has 60 heavy (non-hydrogen) atoms. The van der Waals surface area contributed by atoms with E-state index in [0.29, 0.717) is 11.7 Å². The summed E-state index contributed by atoms with van der Waals surface area (Å²) in [7, 11) is 0. The lowest BCUT2D eigenvalue weighted by Crippen LogP contribution is -2.15. The van der Waals surface area contributed by atoms with E-state index in [2.05, 4.69) is 206 Å². The number of allylic oxidation sites excluding steroid dienone is 4. The topological polar surface area (TPSA) is 34.6 Å². The summed E-state index contributed by atoms with van der Waals surface area (Å²) >= 11 is 0. The molecule has 0 saturated carbocycles. The number of hydrogen-bond acceptors (Lipinski definition) is 1. The highest BCUT2D eigenvalue weighted by atomic mass is 15.1. The number of para-hydroxylation sites is 2. The van der Waals surface area contributed by atoms with Crippen LogP contribution in [0.15, 0.2) is 199 Å². The number of nitrogens with zero attached hydrogens (tertiary/aromatic N) is 4. The Labute approximate surface area is 350 Å². The molecule has 2 aliphatic rings. The van der Waals surface area contributed by atoms with Gasteiger partial charge in [-0.1, -0.05) is 190 Å². The first kappa shape index (κ1) is 35.8. The van der Waals surface area contributed by atoms with Gasteiger partial charge in [0.25, 0.3) is 0 Å². The third kappa shape index (κ3) is 5.51. The molecule has 2 heterocycles. The minimum atomic E-state index is -0.107. The maximum atomic E-state index is 5.44. The Bertz CT molecular complexity index is 3330. The van der Waals surface area contributed by atoms with Gasteiger partial charge >= 0.3 is 0 Å². The van der Waals surface area contributed by atoms with Gasteiger partial charge in [0.2, 0.25) is 0 Å². The zero-order valence-corrected chi connectivity index (χ0v) is 34.1. The van der Waals surface area contributed by atoms with Crippen molar-refractivity contribution in [2.24, 2.45) is 9.98 Å². The Morgan fingerprint density at radius 3 is 2.03 bits per heavy atom. The highest BCUT2D eigenvalue weighted by Gasteiger charge is 2.36. The van der Waals surface area contributed by atoms with Crippen LogP contribution < -0.4 is 0 Å². The van der Waals surface area contributed by atoms with Crippen LogP contribution in [0.25, 0.3) is 66.1 Å². The van der Waals surface area contributed by atoms with Gasteiger partial charge in [-0.05, 0) is 58.9 Å². The van der Waals surface area contributed by atoms with Crippen molar-refractivity contribution >= 4 is 66.6 Å². The SMILES string of the molecule is C=C(/N=C(\N=C(/C)c1cccc2c1-c1ccccc1C2(C)C)c1ccccc1)n1c2ccccc2c2ccc3c4ccccc4n(C4C=C(c5ccccc5)C=CC4)c3c21. The Hall–Kier alpha value is -7.30. The van der Waals surface area contributed by atoms with Gasteiger partial charge in [-0.2, -0.15) is 0 Å². The van der Waals surface area contributed by atoms with E-state index in [1.165, 1.54) is 60.6 Å². The van der Waals surface area contributed by atoms with E-state index in [9.17, 15) is 0 Å². The largest absolute Gasteiger partial charge is 0.331 e. The lowest BCUT2D eigenvalue weighted by molar-refractivity contribution is 0.651. The molecular formula is C56H44N4. The molecule has 0 spiro atoms. The summed E-state index contributed by atoms with van der Waals surface area (Å²) in [5, 5.41) is 4.77. The van der Waals surface area contributed by atoms with E-state index in [1.54, 1.807) is 0 Å². The van der Waals surface area contributed by atoms with Crippen molar-refractivity contribution in [2.45, 2.75) is 38.6 Å². The first-order valence-electron chi connectivity index (χ1n) is 20.9. The summed E-state index contributed by atoms with van der Waals surface area (Å²) < 4.78 is 4.83. The summed E-state index contributed by atoms with van der Waals surface area (Å²) in [6, 6.07) is 58.6. The minimum absolute atomic E-state index is 0.0938. The van der Waals surface area contributed by atoms with Gasteiger partial charge in [0.15, 0.2) is 5.84 Å². The summed E-state index contributed by atoms with van der Waals surface area (Å²) in [5.74, 6) is 1.22. The summed E-state index contributed by atoms with van der Waals surface area (Å²) in [6.45, 7) is 11.5. The molecule has 2 aromatic heterocycles. The highest BCUT2D eigenvalue weighted by Crippen LogP contribution is 2.50. The van der Waals surface area contributed by atoms with Crippen LogP contribution in [0.1, 0.15) is 61.1 Å². The van der Waals surface area contributed by atoms with E-state index >= 15 is 0 Å². The fourth-order valence-corrected chi connectivity index (χ4v) is 10.0. The van der Waals surface area contributed by atoms with Crippen molar-refractivity contribution in [3.63, 3.8) is 0 Å². The molecule has 4 nitrogen and oxygen atoms in total. The van der Waals surface area contributed by atoms with Crippen molar-refractivity contribution < 1.29 is 0 Å². The van der Waals surface area contributed by atoms with E-state index in [1.807, 2.05) is 6.07 Å². The first-order valence-corrected chi connectivity index (χ1v) is 20.9.